The second-order valence-corrected chi connectivity index (χ2v) is 6.80. The van der Waals surface area contributed by atoms with Gasteiger partial charge in [0.1, 0.15) is 18.1 Å². The Kier molecular flexibility index (Phi) is 4.41. The monoisotopic (exact) mass is 363 g/mol. The van der Waals surface area contributed by atoms with Crippen molar-refractivity contribution in [1.82, 2.24) is 9.55 Å². The summed E-state index contributed by atoms with van der Waals surface area (Å²) in [7, 11) is 1.90. The molecule has 0 atom stereocenters. The maximum atomic E-state index is 12.7. The number of thiophene rings is 1. The summed E-state index contributed by atoms with van der Waals surface area (Å²) in [6.07, 6.45) is 3.46. The van der Waals surface area contributed by atoms with E-state index in [1.165, 1.54) is 0 Å². The number of amides is 1. The van der Waals surface area contributed by atoms with Crippen LogP contribution in [0, 0.1) is 0 Å². The molecule has 4 aromatic rings. The lowest BCUT2D eigenvalue weighted by atomic mass is 10.2. The molecule has 26 heavy (non-hydrogen) atoms. The molecule has 4 rings (SSSR count). The SMILES string of the molecule is Cn1c(C(=O)Nc2ccccc2OCc2ccncc2)cc2sccc21. The predicted octanol–water partition coefficient (Wildman–Crippen LogP) is 4.47. The Bertz CT molecular complexity index is 1050. The van der Waals surface area contributed by atoms with Gasteiger partial charge in [0, 0.05) is 19.4 Å². The van der Waals surface area contributed by atoms with Crippen LogP contribution in [0.25, 0.3) is 10.2 Å². The maximum absolute atomic E-state index is 12.7. The molecule has 0 aliphatic heterocycles. The molecule has 1 N–H and O–H groups in total. The minimum absolute atomic E-state index is 0.157. The van der Waals surface area contributed by atoms with Gasteiger partial charge in [-0.3, -0.25) is 9.78 Å². The Morgan fingerprint density at radius 3 is 2.81 bits per heavy atom. The molecule has 0 saturated carbocycles. The van der Waals surface area contributed by atoms with Crippen LogP contribution >= 0.6 is 11.3 Å². The third-order valence-electron chi connectivity index (χ3n) is 4.18. The molecule has 5 nitrogen and oxygen atoms in total. The highest BCUT2D eigenvalue weighted by molar-refractivity contribution is 7.17. The summed E-state index contributed by atoms with van der Waals surface area (Å²) in [6.45, 7) is 0.412. The lowest BCUT2D eigenvalue weighted by Crippen LogP contribution is -2.16. The second-order valence-electron chi connectivity index (χ2n) is 5.85. The van der Waals surface area contributed by atoms with Crippen molar-refractivity contribution in [2.75, 3.05) is 5.32 Å². The number of aromatic nitrogens is 2. The van der Waals surface area contributed by atoms with E-state index in [0.29, 0.717) is 23.7 Å². The van der Waals surface area contributed by atoms with Gasteiger partial charge in [-0.1, -0.05) is 12.1 Å². The molecule has 6 heteroatoms. The first-order chi connectivity index (χ1) is 12.7. The number of carbonyl (C=O) groups is 1. The number of nitrogens with one attached hydrogen (secondary N) is 1. The van der Waals surface area contributed by atoms with Crippen LogP contribution in [0.15, 0.2) is 66.3 Å². The topological polar surface area (TPSA) is 56.2 Å². The normalized spacial score (nSPS) is 10.8. The fourth-order valence-electron chi connectivity index (χ4n) is 2.79. The molecule has 3 aromatic heterocycles. The van der Waals surface area contributed by atoms with Gasteiger partial charge in [0.2, 0.25) is 0 Å². The van der Waals surface area contributed by atoms with E-state index in [0.717, 1.165) is 15.8 Å². The summed E-state index contributed by atoms with van der Waals surface area (Å²) >= 11 is 1.62. The molecule has 0 fully saturated rings. The number of anilines is 1. The molecule has 1 amide bonds. The number of pyridine rings is 1. The smallest absolute Gasteiger partial charge is 0.272 e. The van der Waals surface area contributed by atoms with Gasteiger partial charge in [-0.15, -0.1) is 11.3 Å². The lowest BCUT2D eigenvalue weighted by molar-refractivity contribution is 0.101. The average molecular weight is 363 g/mol. The third kappa shape index (κ3) is 3.19. The molecule has 0 aliphatic carbocycles. The van der Waals surface area contributed by atoms with Crippen LogP contribution in [0.4, 0.5) is 5.69 Å². The summed E-state index contributed by atoms with van der Waals surface area (Å²) < 4.78 is 8.89. The number of ether oxygens (including phenoxy) is 1. The predicted molar refractivity (Wildman–Crippen MR) is 104 cm³/mol. The number of carbonyl (C=O) groups excluding carboxylic acids is 1. The molecule has 0 unspecified atom stereocenters. The average Bonchev–Trinajstić information content (AvgIpc) is 3.25. The van der Waals surface area contributed by atoms with Gasteiger partial charge in [-0.2, -0.15) is 0 Å². The van der Waals surface area contributed by atoms with E-state index in [-0.39, 0.29) is 5.91 Å². The molecule has 3 heterocycles. The zero-order valence-electron chi connectivity index (χ0n) is 14.2. The number of hydrogen-bond donors (Lipinski definition) is 1. The standard InChI is InChI=1S/C20H17N3O2S/c1-23-16-8-11-26-19(16)12-17(23)20(24)22-15-4-2-3-5-18(15)25-13-14-6-9-21-10-7-14/h2-12H,13H2,1H3,(H,22,24). The van der Waals surface area contributed by atoms with E-state index >= 15 is 0 Å². The zero-order valence-corrected chi connectivity index (χ0v) is 15.0. The maximum Gasteiger partial charge on any atom is 0.272 e. The minimum atomic E-state index is -0.157. The van der Waals surface area contributed by atoms with Crippen molar-refractivity contribution in [3.05, 3.63) is 77.6 Å². The highest BCUT2D eigenvalue weighted by Gasteiger charge is 2.16. The Hall–Kier alpha value is -3.12. The number of hydrogen-bond acceptors (Lipinski definition) is 4. The van der Waals surface area contributed by atoms with E-state index in [2.05, 4.69) is 10.3 Å². The molecule has 0 spiro atoms. The summed E-state index contributed by atoms with van der Waals surface area (Å²) in [6, 6.07) is 15.2. The zero-order chi connectivity index (χ0) is 17.9. The van der Waals surface area contributed by atoms with E-state index in [1.54, 1.807) is 23.7 Å². The number of rotatable bonds is 5. The third-order valence-corrected chi connectivity index (χ3v) is 5.03. The van der Waals surface area contributed by atoms with E-state index in [9.17, 15) is 4.79 Å². The van der Waals surface area contributed by atoms with Crippen LogP contribution in [0.3, 0.4) is 0 Å². The van der Waals surface area contributed by atoms with Crippen molar-refractivity contribution in [1.29, 1.82) is 0 Å². The van der Waals surface area contributed by atoms with Crippen LogP contribution in [0.1, 0.15) is 16.1 Å². The summed E-state index contributed by atoms with van der Waals surface area (Å²) in [5.74, 6) is 0.476. The van der Waals surface area contributed by atoms with Crippen LogP contribution in [-0.4, -0.2) is 15.5 Å². The Balaban J connectivity index is 1.53. The van der Waals surface area contributed by atoms with Crippen molar-refractivity contribution >= 4 is 33.1 Å². The van der Waals surface area contributed by atoms with Crippen LogP contribution in [0.2, 0.25) is 0 Å². The van der Waals surface area contributed by atoms with Crippen molar-refractivity contribution in [2.45, 2.75) is 6.61 Å². The van der Waals surface area contributed by atoms with Crippen molar-refractivity contribution in [2.24, 2.45) is 7.05 Å². The summed E-state index contributed by atoms with van der Waals surface area (Å²) in [4.78, 5) is 16.7. The van der Waals surface area contributed by atoms with Gasteiger partial charge < -0.3 is 14.6 Å². The van der Waals surface area contributed by atoms with Crippen LogP contribution in [0.5, 0.6) is 5.75 Å². The Morgan fingerprint density at radius 1 is 1.19 bits per heavy atom. The molecule has 0 bridgehead atoms. The van der Waals surface area contributed by atoms with Gasteiger partial charge >= 0.3 is 0 Å². The number of aryl methyl sites for hydroxylation is 1. The van der Waals surface area contributed by atoms with Gasteiger partial charge in [-0.05, 0) is 47.3 Å². The summed E-state index contributed by atoms with van der Waals surface area (Å²) in [5, 5.41) is 4.98. The van der Waals surface area contributed by atoms with Crippen molar-refractivity contribution < 1.29 is 9.53 Å². The Labute approximate surface area is 154 Å². The van der Waals surface area contributed by atoms with E-state index in [4.69, 9.17) is 4.74 Å². The van der Waals surface area contributed by atoms with Crippen molar-refractivity contribution in [3.63, 3.8) is 0 Å². The molecular formula is C20H17N3O2S. The van der Waals surface area contributed by atoms with Gasteiger partial charge in [0.05, 0.1) is 15.9 Å². The van der Waals surface area contributed by atoms with Gasteiger partial charge in [-0.25, -0.2) is 0 Å². The fourth-order valence-corrected chi connectivity index (χ4v) is 3.64. The first kappa shape index (κ1) is 16.4. The fraction of sp³-hybridized carbons (Fsp3) is 0.100. The Morgan fingerprint density at radius 2 is 2.00 bits per heavy atom. The first-order valence-electron chi connectivity index (χ1n) is 8.17. The highest BCUT2D eigenvalue weighted by Crippen LogP contribution is 2.28. The molecule has 1 aromatic carbocycles. The largest absolute Gasteiger partial charge is 0.487 e. The van der Waals surface area contributed by atoms with Gasteiger partial charge in [0.15, 0.2) is 0 Å². The molecular weight excluding hydrogens is 346 g/mol. The highest BCUT2D eigenvalue weighted by atomic mass is 32.1. The molecule has 0 radical (unpaired) electrons. The number of para-hydroxylation sites is 2. The first-order valence-corrected chi connectivity index (χ1v) is 9.05. The quantitative estimate of drug-likeness (QED) is 0.569. The molecule has 130 valence electrons. The van der Waals surface area contributed by atoms with Crippen LogP contribution in [-0.2, 0) is 13.7 Å². The lowest BCUT2D eigenvalue weighted by Gasteiger charge is -2.13. The second kappa shape index (κ2) is 7.01. The van der Waals surface area contributed by atoms with Crippen LogP contribution < -0.4 is 10.1 Å². The number of benzene rings is 1. The molecule has 0 saturated heterocycles. The number of fused-ring (bicyclic) bond motifs is 1. The van der Waals surface area contributed by atoms with Crippen molar-refractivity contribution in [3.8, 4) is 5.75 Å². The molecule has 0 aliphatic rings. The van der Waals surface area contributed by atoms with E-state index in [1.807, 2.05) is 65.5 Å². The van der Waals surface area contributed by atoms with E-state index < -0.39 is 0 Å². The number of nitrogens with zero attached hydrogens (tertiary/aromatic N) is 2. The summed E-state index contributed by atoms with van der Waals surface area (Å²) in [5.41, 5.74) is 3.35. The van der Waals surface area contributed by atoms with Gasteiger partial charge in [0.25, 0.3) is 5.91 Å². The minimum Gasteiger partial charge on any atom is -0.487 e.